The number of aliphatic imine (C=N–C) groups is 1. The molecule has 2 rings (SSSR count). The summed E-state index contributed by atoms with van der Waals surface area (Å²) >= 11 is 0. The lowest BCUT2D eigenvalue weighted by atomic mass is 9.98. The van der Waals surface area contributed by atoms with Gasteiger partial charge in [0.15, 0.2) is 0 Å². The fourth-order valence-corrected chi connectivity index (χ4v) is 3.25. The fraction of sp³-hybridized carbons (Fsp3) is 0.375. The Morgan fingerprint density at radius 1 is 0.960 bits per heavy atom. The molecule has 0 aliphatic rings. The molecule has 0 spiro atoms. The first kappa shape index (κ1) is 19.2. The Kier molecular flexibility index (Phi) is 6.75. The molecule has 0 N–H and O–H groups in total. The zero-order chi connectivity index (χ0) is 18.4. The third kappa shape index (κ3) is 4.92. The lowest BCUT2D eigenvalue weighted by Crippen LogP contribution is -1.96. The van der Waals surface area contributed by atoms with Crippen molar-refractivity contribution in [1.82, 2.24) is 0 Å². The Morgan fingerprint density at radius 2 is 1.64 bits per heavy atom. The van der Waals surface area contributed by atoms with Crippen LogP contribution in [-0.2, 0) is 19.3 Å². The second kappa shape index (κ2) is 8.80. The maximum Gasteiger partial charge on any atom is 0.0661 e. The molecular formula is C24H31N. The SMILES string of the molecule is C=C(C/C(C)=N/c1cc(CC)c(CC)cc1C)c1cccc(CC)c1. The summed E-state index contributed by atoms with van der Waals surface area (Å²) in [5, 5.41) is 0. The molecule has 0 aliphatic carbocycles. The quantitative estimate of drug-likeness (QED) is 0.490. The number of rotatable bonds is 7. The molecule has 0 radical (unpaired) electrons. The summed E-state index contributed by atoms with van der Waals surface area (Å²) in [7, 11) is 0. The van der Waals surface area contributed by atoms with Gasteiger partial charge >= 0.3 is 0 Å². The van der Waals surface area contributed by atoms with Crippen LogP contribution >= 0.6 is 0 Å². The van der Waals surface area contributed by atoms with Crippen LogP contribution < -0.4 is 0 Å². The molecule has 25 heavy (non-hydrogen) atoms. The fourth-order valence-electron chi connectivity index (χ4n) is 3.25. The highest BCUT2D eigenvalue weighted by Crippen LogP contribution is 2.26. The highest BCUT2D eigenvalue weighted by Gasteiger charge is 2.07. The highest BCUT2D eigenvalue weighted by atomic mass is 14.7. The molecule has 0 saturated carbocycles. The first-order chi connectivity index (χ1) is 12.0. The number of allylic oxidation sites excluding steroid dienone is 1. The maximum absolute atomic E-state index is 4.91. The van der Waals surface area contributed by atoms with Crippen molar-refractivity contribution in [1.29, 1.82) is 0 Å². The van der Waals surface area contributed by atoms with Crippen molar-refractivity contribution in [2.45, 2.75) is 60.3 Å². The number of benzene rings is 2. The maximum atomic E-state index is 4.91. The molecule has 2 aromatic carbocycles. The molecule has 0 aliphatic heterocycles. The summed E-state index contributed by atoms with van der Waals surface area (Å²) in [6.07, 6.45) is 4.00. The minimum atomic E-state index is 0.809. The van der Waals surface area contributed by atoms with Gasteiger partial charge < -0.3 is 0 Å². The van der Waals surface area contributed by atoms with Crippen LogP contribution in [0, 0.1) is 6.92 Å². The van der Waals surface area contributed by atoms with E-state index in [0.29, 0.717) is 0 Å². The zero-order valence-corrected chi connectivity index (χ0v) is 16.4. The lowest BCUT2D eigenvalue weighted by Gasteiger charge is -2.12. The summed E-state index contributed by atoms with van der Waals surface area (Å²) in [5.41, 5.74) is 10.0. The van der Waals surface area contributed by atoms with Crippen LogP contribution in [0.3, 0.4) is 0 Å². The van der Waals surface area contributed by atoms with Gasteiger partial charge in [0.25, 0.3) is 0 Å². The summed E-state index contributed by atoms with van der Waals surface area (Å²) < 4.78 is 0. The second-order valence-electron chi connectivity index (χ2n) is 6.80. The summed E-state index contributed by atoms with van der Waals surface area (Å²) in [5.74, 6) is 0. The molecule has 0 fully saturated rings. The minimum Gasteiger partial charge on any atom is -0.258 e. The summed E-state index contributed by atoms with van der Waals surface area (Å²) in [4.78, 5) is 4.91. The monoisotopic (exact) mass is 333 g/mol. The predicted octanol–water partition coefficient (Wildman–Crippen LogP) is 6.88. The van der Waals surface area contributed by atoms with Crippen molar-refractivity contribution in [3.8, 4) is 0 Å². The van der Waals surface area contributed by atoms with Crippen molar-refractivity contribution in [3.05, 3.63) is 70.8 Å². The number of aryl methyl sites for hydroxylation is 4. The van der Waals surface area contributed by atoms with Gasteiger partial charge in [0.2, 0.25) is 0 Å². The normalized spacial score (nSPS) is 11.6. The Bertz CT molecular complexity index is 781. The van der Waals surface area contributed by atoms with E-state index in [1.807, 2.05) is 0 Å². The minimum absolute atomic E-state index is 0.809. The van der Waals surface area contributed by atoms with Crippen molar-refractivity contribution >= 4 is 17.0 Å². The van der Waals surface area contributed by atoms with E-state index in [0.717, 1.165) is 42.7 Å². The smallest absolute Gasteiger partial charge is 0.0661 e. The number of hydrogen-bond acceptors (Lipinski definition) is 1. The van der Waals surface area contributed by atoms with Crippen LogP contribution in [0.5, 0.6) is 0 Å². The Hall–Kier alpha value is -2.15. The number of nitrogens with zero attached hydrogens (tertiary/aromatic N) is 1. The summed E-state index contributed by atoms with van der Waals surface area (Å²) in [6.45, 7) is 15.2. The topological polar surface area (TPSA) is 12.4 Å². The first-order valence-corrected chi connectivity index (χ1v) is 9.42. The van der Waals surface area contributed by atoms with E-state index in [1.165, 1.54) is 27.8 Å². The van der Waals surface area contributed by atoms with E-state index in [1.54, 1.807) is 0 Å². The van der Waals surface area contributed by atoms with Crippen LogP contribution in [0.15, 0.2) is 48.0 Å². The van der Waals surface area contributed by atoms with Gasteiger partial charge in [-0.25, -0.2) is 0 Å². The van der Waals surface area contributed by atoms with Crippen molar-refractivity contribution in [2.24, 2.45) is 4.99 Å². The molecule has 0 heterocycles. The molecule has 1 nitrogen and oxygen atoms in total. The molecule has 1 heteroatoms. The highest BCUT2D eigenvalue weighted by molar-refractivity contribution is 5.93. The molecular weight excluding hydrogens is 302 g/mol. The van der Waals surface area contributed by atoms with Gasteiger partial charge in [-0.05, 0) is 72.6 Å². The Labute approximate surface area is 153 Å². The zero-order valence-electron chi connectivity index (χ0n) is 16.4. The van der Waals surface area contributed by atoms with Crippen molar-refractivity contribution in [3.63, 3.8) is 0 Å². The molecule has 0 saturated heterocycles. The van der Waals surface area contributed by atoms with Crippen LogP contribution in [0.4, 0.5) is 5.69 Å². The second-order valence-corrected chi connectivity index (χ2v) is 6.80. The van der Waals surface area contributed by atoms with Crippen LogP contribution in [0.2, 0.25) is 0 Å². The lowest BCUT2D eigenvalue weighted by molar-refractivity contribution is 1.03. The van der Waals surface area contributed by atoms with Crippen molar-refractivity contribution in [2.75, 3.05) is 0 Å². The van der Waals surface area contributed by atoms with Gasteiger partial charge in [-0.3, -0.25) is 4.99 Å². The van der Waals surface area contributed by atoms with Gasteiger partial charge in [-0.1, -0.05) is 57.7 Å². The predicted molar refractivity (Wildman–Crippen MR) is 112 cm³/mol. The molecule has 132 valence electrons. The van der Waals surface area contributed by atoms with Crippen LogP contribution in [-0.4, -0.2) is 5.71 Å². The van der Waals surface area contributed by atoms with E-state index in [2.05, 4.69) is 77.6 Å². The Morgan fingerprint density at radius 3 is 2.28 bits per heavy atom. The molecule has 0 bridgehead atoms. The first-order valence-electron chi connectivity index (χ1n) is 9.42. The number of hydrogen-bond donors (Lipinski definition) is 0. The molecule has 0 unspecified atom stereocenters. The molecule has 2 aromatic rings. The standard InChI is InChI=1S/C24H31N/c1-7-20-11-10-12-23(15-20)17(4)13-19(6)25-24-16-22(9-3)21(8-2)14-18(24)5/h10-12,14-16H,4,7-9,13H2,1-3,5-6H3/b25-19+. The summed E-state index contributed by atoms with van der Waals surface area (Å²) in [6, 6.07) is 13.2. The molecule has 0 aromatic heterocycles. The van der Waals surface area contributed by atoms with Crippen molar-refractivity contribution < 1.29 is 0 Å². The van der Waals surface area contributed by atoms with Crippen LogP contribution in [0.1, 0.15) is 61.9 Å². The van der Waals surface area contributed by atoms with Gasteiger partial charge in [0.05, 0.1) is 5.69 Å². The van der Waals surface area contributed by atoms with E-state index < -0.39 is 0 Å². The third-order valence-corrected chi connectivity index (χ3v) is 4.80. The van der Waals surface area contributed by atoms with E-state index >= 15 is 0 Å². The van der Waals surface area contributed by atoms with E-state index in [4.69, 9.17) is 4.99 Å². The third-order valence-electron chi connectivity index (χ3n) is 4.80. The largest absolute Gasteiger partial charge is 0.258 e. The molecule has 0 amide bonds. The average molecular weight is 334 g/mol. The average Bonchev–Trinajstić information content (AvgIpc) is 2.62. The molecule has 0 atom stereocenters. The van der Waals surface area contributed by atoms with Gasteiger partial charge in [0.1, 0.15) is 0 Å². The van der Waals surface area contributed by atoms with Gasteiger partial charge in [-0.2, -0.15) is 0 Å². The van der Waals surface area contributed by atoms with Crippen LogP contribution in [0.25, 0.3) is 5.57 Å². The van der Waals surface area contributed by atoms with Gasteiger partial charge in [0, 0.05) is 12.1 Å². The van der Waals surface area contributed by atoms with Gasteiger partial charge in [-0.15, -0.1) is 0 Å². The van der Waals surface area contributed by atoms with E-state index in [9.17, 15) is 0 Å². The Balaban J connectivity index is 2.22. The van der Waals surface area contributed by atoms with E-state index in [-0.39, 0.29) is 0 Å².